The molecule has 7 heteroatoms. The molecular formula is C22H27FN4O2. The molecule has 154 valence electrons. The lowest BCUT2D eigenvalue weighted by Gasteiger charge is -2.24. The van der Waals surface area contributed by atoms with E-state index in [-0.39, 0.29) is 17.8 Å². The molecule has 0 saturated carbocycles. The summed E-state index contributed by atoms with van der Waals surface area (Å²) in [6.07, 6.45) is 2.18. The van der Waals surface area contributed by atoms with E-state index < -0.39 is 0 Å². The molecule has 0 N–H and O–H groups in total. The minimum absolute atomic E-state index is 0.0845. The Hall–Kier alpha value is -2.54. The van der Waals surface area contributed by atoms with Gasteiger partial charge >= 0.3 is 0 Å². The second-order valence-electron chi connectivity index (χ2n) is 7.92. The van der Waals surface area contributed by atoms with Gasteiger partial charge in [0, 0.05) is 50.4 Å². The van der Waals surface area contributed by atoms with Gasteiger partial charge in [0.1, 0.15) is 17.7 Å². The van der Waals surface area contributed by atoms with Gasteiger partial charge in [-0.1, -0.05) is 12.1 Å². The molecule has 0 radical (unpaired) electrons. The molecule has 29 heavy (non-hydrogen) atoms. The predicted molar refractivity (Wildman–Crippen MR) is 107 cm³/mol. The Balaban J connectivity index is 1.30. The Morgan fingerprint density at radius 1 is 1.14 bits per heavy atom. The topological polar surface area (TPSA) is 58.6 Å². The van der Waals surface area contributed by atoms with Crippen LogP contribution in [-0.2, 0) is 17.6 Å². The number of halogens is 1. The van der Waals surface area contributed by atoms with Crippen LogP contribution >= 0.6 is 0 Å². The molecule has 0 aliphatic carbocycles. The fraction of sp³-hybridized carbons (Fsp3) is 0.500. The number of carbonyl (C=O) groups is 1. The summed E-state index contributed by atoms with van der Waals surface area (Å²) in [7, 11) is 0. The van der Waals surface area contributed by atoms with E-state index in [2.05, 4.69) is 14.9 Å². The Kier molecular flexibility index (Phi) is 5.76. The Bertz CT molecular complexity index is 887. The highest BCUT2D eigenvalue weighted by molar-refractivity contribution is 5.78. The van der Waals surface area contributed by atoms with Crippen LogP contribution in [-0.4, -0.2) is 64.5 Å². The van der Waals surface area contributed by atoms with Crippen LogP contribution in [0.4, 0.5) is 4.39 Å². The smallest absolute Gasteiger partial charge is 0.227 e. The maximum atomic E-state index is 13.1. The van der Waals surface area contributed by atoms with E-state index in [1.807, 2.05) is 18.7 Å². The van der Waals surface area contributed by atoms with Gasteiger partial charge in [-0.25, -0.2) is 9.37 Å². The van der Waals surface area contributed by atoms with Gasteiger partial charge in [-0.05, 0) is 38.0 Å². The van der Waals surface area contributed by atoms with Gasteiger partial charge in [-0.2, -0.15) is 4.98 Å². The number of ether oxygens (including phenoxy) is 1. The van der Waals surface area contributed by atoms with Gasteiger partial charge in [-0.3, -0.25) is 9.69 Å². The zero-order valence-corrected chi connectivity index (χ0v) is 17.0. The molecule has 2 aliphatic heterocycles. The summed E-state index contributed by atoms with van der Waals surface area (Å²) >= 11 is 0. The van der Waals surface area contributed by atoms with E-state index in [0.29, 0.717) is 13.0 Å². The van der Waals surface area contributed by atoms with Crippen LogP contribution in [0.5, 0.6) is 5.88 Å². The highest BCUT2D eigenvalue weighted by Crippen LogP contribution is 2.29. The first-order valence-electron chi connectivity index (χ1n) is 10.2. The third kappa shape index (κ3) is 4.72. The van der Waals surface area contributed by atoms with Crippen molar-refractivity contribution in [2.24, 2.45) is 0 Å². The Labute approximate surface area is 170 Å². The number of carbonyl (C=O) groups excluding carboxylic acids is 1. The number of benzene rings is 1. The zero-order valence-electron chi connectivity index (χ0n) is 17.0. The number of nitrogens with zero attached hydrogens (tertiary/aromatic N) is 4. The number of aryl methyl sites for hydroxylation is 2. The first-order chi connectivity index (χ1) is 14.0. The lowest BCUT2D eigenvalue weighted by Crippen LogP contribution is -2.39. The van der Waals surface area contributed by atoms with Crippen molar-refractivity contribution in [3.63, 3.8) is 0 Å². The lowest BCUT2D eigenvalue weighted by molar-refractivity contribution is -0.130. The van der Waals surface area contributed by atoms with Crippen LogP contribution in [0.2, 0.25) is 0 Å². The van der Waals surface area contributed by atoms with Crippen molar-refractivity contribution in [2.75, 3.05) is 32.7 Å². The van der Waals surface area contributed by atoms with Crippen LogP contribution in [0.15, 0.2) is 24.3 Å². The maximum Gasteiger partial charge on any atom is 0.227 e. The standard InChI is InChI=1S/C22H27FN4O2/c1-15-20-13-19(29-22(20)25-16(2)24-15)14-26-8-3-9-27(11-10-26)21(28)12-17-4-6-18(23)7-5-17/h4-7,19H,3,8-14H2,1-2H3. The highest BCUT2D eigenvalue weighted by atomic mass is 19.1. The minimum Gasteiger partial charge on any atom is -0.472 e. The Morgan fingerprint density at radius 3 is 2.72 bits per heavy atom. The molecule has 1 saturated heterocycles. The molecule has 2 aromatic rings. The normalized spacial score (nSPS) is 19.6. The minimum atomic E-state index is -0.278. The van der Waals surface area contributed by atoms with Gasteiger partial charge in [-0.15, -0.1) is 0 Å². The first kappa shape index (κ1) is 19.8. The van der Waals surface area contributed by atoms with Crippen LogP contribution < -0.4 is 4.74 Å². The maximum absolute atomic E-state index is 13.1. The van der Waals surface area contributed by atoms with Gasteiger partial charge in [0.15, 0.2) is 0 Å². The zero-order chi connectivity index (χ0) is 20.4. The summed E-state index contributed by atoms with van der Waals surface area (Å²) in [5.41, 5.74) is 2.97. The third-order valence-corrected chi connectivity index (χ3v) is 5.67. The van der Waals surface area contributed by atoms with Crippen molar-refractivity contribution in [3.05, 3.63) is 52.7 Å². The molecule has 1 fully saturated rings. The average molecular weight is 398 g/mol. The molecule has 1 amide bonds. The van der Waals surface area contributed by atoms with E-state index >= 15 is 0 Å². The molecule has 3 heterocycles. The average Bonchev–Trinajstić information content (AvgIpc) is 2.93. The predicted octanol–water partition coefficient (Wildman–Crippen LogP) is 2.31. The molecule has 0 bridgehead atoms. The van der Waals surface area contributed by atoms with E-state index in [1.165, 1.54) is 12.1 Å². The largest absolute Gasteiger partial charge is 0.472 e. The van der Waals surface area contributed by atoms with Crippen LogP contribution in [0.25, 0.3) is 0 Å². The molecule has 4 rings (SSSR count). The lowest BCUT2D eigenvalue weighted by atomic mass is 10.1. The van der Waals surface area contributed by atoms with E-state index in [9.17, 15) is 9.18 Å². The van der Waals surface area contributed by atoms with Crippen molar-refractivity contribution < 1.29 is 13.9 Å². The van der Waals surface area contributed by atoms with Crippen molar-refractivity contribution in [2.45, 2.75) is 39.2 Å². The molecule has 1 atom stereocenters. The van der Waals surface area contributed by atoms with Gasteiger partial charge in [0.2, 0.25) is 11.8 Å². The third-order valence-electron chi connectivity index (χ3n) is 5.67. The van der Waals surface area contributed by atoms with E-state index in [0.717, 1.165) is 67.5 Å². The number of rotatable bonds is 4. The van der Waals surface area contributed by atoms with Gasteiger partial charge in [0.05, 0.1) is 6.42 Å². The van der Waals surface area contributed by atoms with Crippen molar-refractivity contribution in [3.8, 4) is 5.88 Å². The molecule has 1 unspecified atom stereocenters. The van der Waals surface area contributed by atoms with Gasteiger partial charge < -0.3 is 9.64 Å². The number of amides is 1. The number of aromatic nitrogens is 2. The fourth-order valence-electron chi connectivity index (χ4n) is 4.15. The summed E-state index contributed by atoms with van der Waals surface area (Å²) < 4.78 is 19.1. The molecule has 2 aliphatic rings. The molecule has 0 spiro atoms. The molecular weight excluding hydrogens is 371 g/mol. The van der Waals surface area contributed by atoms with Crippen molar-refractivity contribution >= 4 is 5.91 Å². The fourth-order valence-corrected chi connectivity index (χ4v) is 4.15. The number of hydrogen-bond donors (Lipinski definition) is 0. The summed E-state index contributed by atoms with van der Waals surface area (Å²) in [5, 5.41) is 0. The molecule has 1 aromatic heterocycles. The second kappa shape index (κ2) is 8.45. The summed E-state index contributed by atoms with van der Waals surface area (Å²) in [4.78, 5) is 25.8. The van der Waals surface area contributed by atoms with E-state index in [4.69, 9.17) is 4.74 Å². The van der Waals surface area contributed by atoms with Crippen LogP contribution in [0.1, 0.15) is 29.1 Å². The molecule has 1 aromatic carbocycles. The van der Waals surface area contributed by atoms with Crippen molar-refractivity contribution in [1.29, 1.82) is 0 Å². The van der Waals surface area contributed by atoms with Gasteiger partial charge in [0.25, 0.3) is 0 Å². The Morgan fingerprint density at radius 2 is 1.93 bits per heavy atom. The monoisotopic (exact) mass is 398 g/mol. The quantitative estimate of drug-likeness (QED) is 0.791. The van der Waals surface area contributed by atoms with Crippen molar-refractivity contribution in [1.82, 2.24) is 19.8 Å². The summed E-state index contributed by atoms with van der Waals surface area (Å²) in [5.74, 6) is 1.29. The van der Waals surface area contributed by atoms with Crippen LogP contribution in [0, 0.1) is 19.7 Å². The second-order valence-corrected chi connectivity index (χ2v) is 7.92. The number of fused-ring (bicyclic) bond motifs is 1. The SMILES string of the molecule is Cc1nc(C)c2c(n1)OC(CN1CCCN(C(=O)Cc3ccc(F)cc3)CC1)C2. The first-order valence-corrected chi connectivity index (χ1v) is 10.2. The summed E-state index contributed by atoms with van der Waals surface area (Å²) in [6, 6.07) is 6.16. The number of hydrogen-bond acceptors (Lipinski definition) is 5. The highest BCUT2D eigenvalue weighted by Gasteiger charge is 2.29. The van der Waals surface area contributed by atoms with E-state index in [1.54, 1.807) is 12.1 Å². The van der Waals surface area contributed by atoms with Crippen LogP contribution in [0.3, 0.4) is 0 Å². The summed E-state index contributed by atoms with van der Waals surface area (Å²) in [6.45, 7) is 7.96. The molecule has 6 nitrogen and oxygen atoms in total.